The maximum atomic E-state index is 13.4. The highest BCUT2D eigenvalue weighted by Crippen LogP contribution is 2.38. The predicted octanol–water partition coefficient (Wildman–Crippen LogP) is 1.43. The lowest BCUT2D eigenvalue weighted by Crippen LogP contribution is -2.55. The Kier molecular flexibility index (Phi) is 10.4. The Balaban J connectivity index is 1.71. The van der Waals surface area contributed by atoms with Gasteiger partial charge in [-0.2, -0.15) is 0 Å². The Morgan fingerprint density at radius 3 is 2.68 bits per heavy atom. The molecule has 12 nitrogen and oxygen atoms in total. The molecule has 0 fully saturated rings. The molecule has 1 aliphatic heterocycles. The van der Waals surface area contributed by atoms with Gasteiger partial charge in [0.2, 0.25) is 18.6 Å². The zero-order valence-electron chi connectivity index (χ0n) is 22.5. The van der Waals surface area contributed by atoms with Gasteiger partial charge in [-0.25, -0.2) is 0 Å². The fraction of sp³-hybridized carbons (Fsp3) is 0.393. The van der Waals surface area contributed by atoms with Gasteiger partial charge in [0.05, 0.1) is 23.3 Å². The first-order valence-electron chi connectivity index (χ1n) is 12.7. The minimum Gasteiger partial charge on any atom is -0.493 e. The fourth-order valence-electron chi connectivity index (χ4n) is 4.67. The molecule has 41 heavy (non-hydrogen) atoms. The third-order valence-electron chi connectivity index (χ3n) is 6.63. The quantitative estimate of drug-likeness (QED) is 0.222. The number of halogens is 1. The molecule has 1 aliphatic carbocycles. The summed E-state index contributed by atoms with van der Waals surface area (Å²) in [7, 11) is 2.82. The number of methoxy groups -OCH3 is 2. The van der Waals surface area contributed by atoms with E-state index in [0.717, 1.165) is 0 Å². The largest absolute Gasteiger partial charge is 0.493 e. The van der Waals surface area contributed by atoms with Gasteiger partial charge in [0.15, 0.2) is 23.0 Å². The number of rotatable bonds is 12. The number of carbonyl (C=O) groups is 3. The second-order valence-electron chi connectivity index (χ2n) is 9.31. The van der Waals surface area contributed by atoms with E-state index in [-0.39, 0.29) is 56.6 Å². The summed E-state index contributed by atoms with van der Waals surface area (Å²) in [6.45, 7) is -0.316. The van der Waals surface area contributed by atoms with Crippen molar-refractivity contribution in [2.75, 3.05) is 40.8 Å². The van der Waals surface area contributed by atoms with E-state index in [0.29, 0.717) is 32.5 Å². The van der Waals surface area contributed by atoms with Crippen LogP contribution < -0.4 is 24.3 Å². The molecule has 0 saturated heterocycles. The van der Waals surface area contributed by atoms with Crippen LogP contribution in [0, 0.1) is 3.57 Å². The summed E-state index contributed by atoms with van der Waals surface area (Å²) in [4.78, 5) is 39.2. The zero-order valence-corrected chi connectivity index (χ0v) is 24.7. The van der Waals surface area contributed by atoms with Crippen molar-refractivity contribution in [2.45, 2.75) is 31.2 Å². The van der Waals surface area contributed by atoms with Crippen LogP contribution in [-0.2, 0) is 20.9 Å². The highest BCUT2D eigenvalue weighted by atomic mass is 127. The van der Waals surface area contributed by atoms with E-state index in [9.17, 15) is 24.6 Å². The molecule has 220 valence electrons. The van der Waals surface area contributed by atoms with Crippen LogP contribution in [0.1, 0.15) is 22.3 Å². The molecule has 0 unspecified atom stereocenters. The van der Waals surface area contributed by atoms with Gasteiger partial charge >= 0.3 is 0 Å². The monoisotopic (exact) mass is 682 g/mol. The van der Waals surface area contributed by atoms with Gasteiger partial charge in [0.25, 0.3) is 0 Å². The summed E-state index contributed by atoms with van der Waals surface area (Å²) in [5.41, 5.74) is 1.35. The van der Waals surface area contributed by atoms with Gasteiger partial charge < -0.3 is 44.1 Å². The number of hydrogen-bond donors (Lipinski definition) is 3. The van der Waals surface area contributed by atoms with Gasteiger partial charge in [-0.1, -0.05) is 6.07 Å². The van der Waals surface area contributed by atoms with Gasteiger partial charge in [0, 0.05) is 37.8 Å². The molecular weight excluding hydrogens is 651 g/mol. The summed E-state index contributed by atoms with van der Waals surface area (Å²) in [5, 5.41) is 23.5. The molecule has 0 bridgehead atoms. The van der Waals surface area contributed by atoms with Crippen molar-refractivity contribution < 1.29 is 48.3 Å². The second kappa shape index (κ2) is 14.0. The van der Waals surface area contributed by atoms with Gasteiger partial charge in [-0.05, 0) is 58.5 Å². The first-order chi connectivity index (χ1) is 19.8. The molecule has 2 aromatic rings. The average Bonchev–Trinajstić information content (AvgIpc) is 3.44. The highest BCUT2D eigenvalue weighted by molar-refractivity contribution is 14.1. The van der Waals surface area contributed by atoms with Crippen LogP contribution in [0.25, 0.3) is 0 Å². The van der Waals surface area contributed by atoms with Crippen LogP contribution in [0.5, 0.6) is 23.0 Å². The molecule has 3 N–H and O–H groups in total. The van der Waals surface area contributed by atoms with Crippen LogP contribution in [0.2, 0.25) is 0 Å². The predicted molar refractivity (Wildman–Crippen MR) is 153 cm³/mol. The molecule has 4 rings (SSSR count). The number of nitrogens with one attached hydrogen (secondary N) is 1. The molecular formula is C28H31IN2O10. The second-order valence-corrected chi connectivity index (χ2v) is 10.5. The van der Waals surface area contributed by atoms with E-state index in [2.05, 4.69) is 5.32 Å². The number of hydrogen-bond acceptors (Lipinski definition) is 10. The molecule has 0 radical (unpaired) electrons. The van der Waals surface area contributed by atoms with Gasteiger partial charge in [-0.3, -0.25) is 14.4 Å². The number of amides is 2. The van der Waals surface area contributed by atoms with Crippen LogP contribution in [0.15, 0.2) is 42.0 Å². The number of aliphatic hydroxyl groups is 2. The van der Waals surface area contributed by atoms with Gasteiger partial charge in [-0.15, -0.1) is 0 Å². The number of ether oxygens (including phenoxy) is 5. The Morgan fingerprint density at radius 1 is 1.20 bits per heavy atom. The van der Waals surface area contributed by atoms with Crippen molar-refractivity contribution in [1.29, 1.82) is 0 Å². The van der Waals surface area contributed by atoms with Crippen molar-refractivity contribution in [3.05, 3.63) is 56.7 Å². The maximum Gasteiger partial charge on any atom is 0.249 e. The highest BCUT2D eigenvalue weighted by Gasteiger charge is 2.41. The van der Waals surface area contributed by atoms with Gasteiger partial charge in [0.1, 0.15) is 25.1 Å². The smallest absolute Gasteiger partial charge is 0.249 e. The van der Waals surface area contributed by atoms with Crippen LogP contribution in [-0.4, -0.2) is 92.2 Å². The number of carbonyl (C=O) groups excluding carboxylic acids is 3. The van der Waals surface area contributed by atoms with Crippen molar-refractivity contribution >= 4 is 40.7 Å². The van der Waals surface area contributed by atoms with Crippen LogP contribution in [0.3, 0.4) is 0 Å². The van der Waals surface area contributed by atoms with E-state index >= 15 is 0 Å². The van der Waals surface area contributed by atoms with E-state index in [1.807, 2.05) is 22.6 Å². The normalized spacial score (nSPS) is 19.2. The van der Waals surface area contributed by atoms with Crippen LogP contribution >= 0.6 is 22.6 Å². The van der Waals surface area contributed by atoms with Crippen molar-refractivity contribution in [2.24, 2.45) is 0 Å². The zero-order chi connectivity index (χ0) is 29.5. The molecule has 13 heteroatoms. The third kappa shape index (κ3) is 7.09. The minimum atomic E-state index is -1.27. The molecule has 1 heterocycles. The van der Waals surface area contributed by atoms with E-state index in [1.165, 1.54) is 31.3 Å². The Labute approximate surface area is 250 Å². The van der Waals surface area contributed by atoms with Crippen molar-refractivity contribution in [1.82, 2.24) is 10.2 Å². The molecule has 0 saturated carbocycles. The lowest BCUT2D eigenvalue weighted by Gasteiger charge is -2.40. The SMILES string of the molecule is COCC(=O)N(Cc1ccc2c(c1)OCO2)[C@@H]1CC(C(=O)NCCO)=C[C@H](Oc2c(I)cc(C=O)cc2OC)[C@H]1O. The molecule has 2 amide bonds. The lowest BCUT2D eigenvalue weighted by molar-refractivity contribution is -0.143. The topological polar surface area (TPSA) is 153 Å². The number of aliphatic hydroxyl groups excluding tert-OH is 2. The summed E-state index contributed by atoms with van der Waals surface area (Å²) >= 11 is 1.99. The number of aldehydes is 1. The average molecular weight is 682 g/mol. The Bertz CT molecular complexity index is 1320. The van der Waals surface area contributed by atoms with E-state index < -0.39 is 30.1 Å². The molecule has 2 aliphatic rings. The summed E-state index contributed by atoms with van der Waals surface area (Å²) in [6.07, 6.45) is -0.167. The van der Waals surface area contributed by atoms with E-state index in [1.54, 1.807) is 24.3 Å². The van der Waals surface area contributed by atoms with Crippen molar-refractivity contribution in [3.8, 4) is 23.0 Å². The minimum absolute atomic E-state index is 0.0105. The maximum absolute atomic E-state index is 13.4. The fourth-order valence-corrected chi connectivity index (χ4v) is 5.42. The Hall–Kier alpha value is -3.40. The first kappa shape index (κ1) is 30.6. The third-order valence-corrected chi connectivity index (χ3v) is 7.44. The van der Waals surface area contributed by atoms with Crippen LogP contribution in [0.4, 0.5) is 0 Å². The number of nitrogens with zero attached hydrogens (tertiary/aromatic N) is 1. The van der Waals surface area contributed by atoms with Crippen molar-refractivity contribution in [3.63, 3.8) is 0 Å². The Morgan fingerprint density at radius 2 is 1.98 bits per heavy atom. The molecule has 0 aromatic heterocycles. The standard InChI is InChI=1S/C28H31IN2O10/c1-37-14-25(34)31(12-16-3-4-21-22(8-16)40-15-39-21)20-10-18(28(36)30-5-6-32)11-23(26(20)35)41-27-19(29)7-17(13-33)9-24(27)38-2/h3-4,7-9,11,13,20,23,26,32,35H,5-6,10,12,14-15H2,1-2H3,(H,30,36)/t20-,23+,26+/m1/s1. The molecule has 3 atom stereocenters. The number of fused-ring (bicyclic) bond motifs is 1. The molecule has 2 aromatic carbocycles. The molecule has 0 spiro atoms. The lowest BCUT2D eigenvalue weighted by atomic mass is 9.87. The number of benzene rings is 2. The summed E-state index contributed by atoms with van der Waals surface area (Å²) < 4.78 is 28.2. The first-order valence-corrected chi connectivity index (χ1v) is 13.8. The summed E-state index contributed by atoms with van der Waals surface area (Å²) in [6, 6.07) is 7.49. The van der Waals surface area contributed by atoms with E-state index in [4.69, 9.17) is 23.7 Å². The summed E-state index contributed by atoms with van der Waals surface area (Å²) in [5.74, 6) is 0.777.